The van der Waals surface area contributed by atoms with Gasteiger partial charge in [-0.2, -0.15) is 0 Å². The van der Waals surface area contributed by atoms with Crippen LogP contribution in [-0.4, -0.2) is 16.9 Å². The Balaban J connectivity index is 1.99. The van der Waals surface area contributed by atoms with Gasteiger partial charge in [0.1, 0.15) is 0 Å². The van der Waals surface area contributed by atoms with Gasteiger partial charge in [0.2, 0.25) is 5.91 Å². The maximum atomic E-state index is 12.0. The van der Waals surface area contributed by atoms with Crippen molar-refractivity contribution in [2.45, 2.75) is 20.3 Å². The van der Waals surface area contributed by atoms with Crippen LogP contribution in [0.5, 0.6) is 0 Å². The van der Waals surface area contributed by atoms with Crippen LogP contribution in [0.2, 0.25) is 0 Å². The van der Waals surface area contributed by atoms with E-state index in [9.17, 15) is 19.7 Å². The van der Waals surface area contributed by atoms with Gasteiger partial charge in [-0.1, -0.05) is 13.0 Å². The zero-order chi connectivity index (χ0) is 18.4. The lowest BCUT2D eigenvalue weighted by atomic mass is 10.2. The maximum absolute atomic E-state index is 12.0. The first-order valence-corrected chi connectivity index (χ1v) is 7.62. The SMILES string of the molecule is CCC(=O)Nc1ccc(NC(=O)Nc2ccc(C)c([N+](=O)[O-])c2)cc1. The minimum Gasteiger partial charge on any atom is -0.326 e. The largest absolute Gasteiger partial charge is 0.326 e. The Labute approximate surface area is 144 Å². The Morgan fingerprint density at radius 3 is 2.04 bits per heavy atom. The molecule has 0 radical (unpaired) electrons. The molecule has 130 valence electrons. The average molecular weight is 342 g/mol. The molecule has 2 aromatic carbocycles. The molecule has 0 heterocycles. The number of benzene rings is 2. The summed E-state index contributed by atoms with van der Waals surface area (Å²) < 4.78 is 0. The average Bonchev–Trinajstić information content (AvgIpc) is 2.58. The summed E-state index contributed by atoms with van der Waals surface area (Å²) in [5.74, 6) is -0.0978. The number of rotatable bonds is 5. The van der Waals surface area contributed by atoms with Gasteiger partial charge in [0.05, 0.1) is 4.92 Å². The Morgan fingerprint density at radius 1 is 0.960 bits per heavy atom. The first kappa shape index (κ1) is 17.9. The van der Waals surface area contributed by atoms with Gasteiger partial charge in [-0.3, -0.25) is 14.9 Å². The van der Waals surface area contributed by atoms with Crippen LogP contribution in [-0.2, 0) is 4.79 Å². The third kappa shape index (κ3) is 5.03. The van der Waals surface area contributed by atoms with Gasteiger partial charge in [0.15, 0.2) is 0 Å². The molecule has 3 amide bonds. The number of carbonyl (C=O) groups is 2. The fourth-order valence-electron chi connectivity index (χ4n) is 2.06. The van der Waals surface area contributed by atoms with Crippen molar-refractivity contribution in [3.8, 4) is 0 Å². The Kier molecular flexibility index (Phi) is 5.67. The molecule has 0 saturated carbocycles. The summed E-state index contributed by atoms with van der Waals surface area (Å²) in [6, 6.07) is 10.6. The number of aryl methyl sites for hydroxylation is 1. The molecule has 0 aliphatic heterocycles. The van der Waals surface area contributed by atoms with Crippen LogP contribution in [0.15, 0.2) is 42.5 Å². The fourth-order valence-corrected chi connectivity index (χ4v) is 2.06. The Hall–Kier alpha value is -3.42. The van der Waals surface area contributed by atoms with E-state index in [-0.39, 0.29) is 11.6 Å². The van der Waals surface area contributed by atoms with E-state index in [1.165, 1.54) is 6.07 Å². The van der Waals surface area contributed by atoms with Crippen LogP contribution in [0.3, 0.4) is 0 Å². The molecule has 2 rings (SSSR count). The van der Waals surface area contributed by atoms with E-state index in [0.29, 0.717) is 29.0 Å². The maximum Gasteiger partial charge on any atom is 0.323 e. The molecule has 0 aliphatic rings. The van der Waals surface area contributed by atoms with Crippen molar-refractivity contribution in [1.82, 2.24) is 0 Å². The van der Waals surface area contributed by atoms with Crippen LogP contribution < -0.4 is 16.0 Å². The van der Waals surface area contributed by atoms with Gasteiger partial charge in [0.25, 0.3) is 5.69 Å². The molecule has 0 unspecified atom stereocenters. The molecule has 0 saturated heterocycles. The molecule has 0 aromatic heterocycles. The lowest BCUT2D eigenvalue weighted by molar-refractivity contribution is -0.385. The second kappa shape index (κ2) is 7.91. The van der Waals surface area contributed by atoms with Crippen LogP contribution in [0, 0.1) is 17.0 Å². The van der Waals surface area contributed by atoms with Crippen LogP contribution in [0.1, 0.15) is 18.9 Å². The quantitative estimate of drug-likeness (QED) is 0.565. The van der Waals surface area contributed by atoms with Gasteiger partial charge in [0, 0.05) is 35.1 Å². The number of nitrogens with one attached hydrogen (secondary N) is 3. The number of carbonyl (C=O) groups excluding carboxylic acids is 2. The van der Waals surface area contributed by atoms with Crippen LogP contribution in [0.4, 0.5) is 27.5 Å². The third-order valence-corrected chi connectivity index (χ3v) is 3.41. The van der Waals surface area contributed by atoms with Crippen molar-refractivity contribution in [3.05, 3.63) is 58.1 Å². The molecule has 8 heteroatoms. The lowest BCUT2D eigenvalue weighted by Crippen LogP contribution is -2.19. The highest BCUT2D eigenvalue weighted by Crippen LogP contribution is 2.22. The molecular formula is C17H18N4O4. The van der Waals surface area contributed by atoms with Crippen molar-refractivity contribution < 1.29 is 14.5 Å². The fraction of sp³-hybridized carbons (Fsp3) is 0.176. The first-order chi connectivity index (χ1) is 11.9. The monoisotopic (exact) mass is 342 g/mol. The summed E-state index contributed by atoms with van der Waals surface area (Å²) in [5, 5.41) is 18.8. The van der Waals surface area contributed by atoms with E-state index in [4.69, 9.17) is 0 Å². The van der Waals surface area contributed by atoms with Gasteiger partial charge in [-0.25, -0.2) is 4.79 Å². The minimum absolute atomic E-state index is 0.0613. The van der Waals surface area contributed by atoms with Gasteiger partial charge in [-0.15, -0.1) is 0 Å². The smallest absolute Gasteiger partial charge is 0.323 e. The Morgan fingerprint density at radius 2 is 1.48 bits per heavy atom. The zero-order valence-corrected chi connectivity index (χ0v) is 13.8. The number of nitro groups is 1. The molecule has 0 fully saturated rings. The first-order valence-electron chi connectivity index (χ1n) is 7.62. The summed E-state index contributed by atoms with van der Waals surface area (Å²) >= 11 is 0. The van der Waals surface area contributed by atoms with Crippen molar-refractivity contribution in [2.75, 3.05) is 16.0 Å². The van der Waals surface area contributed by atoms with Crippen molar-refractivity contribution in [2.24, 2.45) is 0 Å². The number of hydrogen-bond donors (Lipinski definition) is 3. The van der Waals surface area contributed by atoms with Crippen molar-refractivity contribution in [3.63, 3.8) is 0 Å². The van der Waals surface area contributed by atoms with Gasteiger partial charge >= 0.3 is 6.03 Å². The van der Waals surface area contributed by atoms with Gasteiger partial charge < -0.3 is 16.0 Å². The van der Waals surface area contributed by atoms with E-state index in [1.807, 2.05) is 0 Å². The van der Waals surface area contributed by atoms with Gasteiger partial charge in [-0.05, 0) is 37.3 Å². The highest BCUT2D eigenvalue weighted by Gasteiger charge is 2.12. The van der Waals surface area contributed by atoms with Crippen LogP contribution >= 0.6 is 0 Å². The standard InChI is InChI=1S/C17H18N4O4/c1-3-16(22)18-12-6-8-13(9-7-12)19-17(23)20-14-5-4-11(2)15(10-14)21(24)25/h4-10H,3H2,1-2H3,(H,18,22)(H2,19,20,23). The molecule has 0 spiro atoms. The molecule has 0 bridgehead atoms. The predicted molar refractivity (Wildman–Crippen MR) is 95.8 cm³/mol. The number of amides is 3. The normalized spacial score (nSPS) is 10.0. The predicted octanol–water partition coefficient (Wildman–Crippen LogP) is 3.90. The van der Waals surface area contributed by atoms with Crippen LogP contribution in [0.25, 0.3) is 0 Å². The van der Waals surface area contributed by atoms with E-state index in [0.717, 1.165) is 0 Å². The molecule has 3 N–H and O–H groups in total. The molecular weight excluding hydrogens is 324 g/mol. The number of nitro benzene ring substituents is 1. The molecule has 0 aliphatic carbocycles. The second-order valence-corrected chi connectivity index (χ2v) is 5.32. The molecule has 8 nitrogen and oxygen atoms in total. The summed E-state index contributed by atoms with van der Waals surface area (Å²) in [7, 11) is 0. The molecule has 25 heavy (non-hydrogen) atoms. The number of hydrogen-bond acceptors (Lipinski definition) is 4. The number of urea groups is 1. The van der Waals surface area contributed by atoms with E-state index < -0.39 is 11.0 Å². The van der Waals surface area contributed by atoms with Crippen molar-refractivity contribution in [1.29, 1.82) is 0 Å². The summed E-state index contributed by atoms with van der Waals surface area (Å²) in [6.07, 6.45) is 0.380. The Bertz CT molecular complexity index is 803. The molecule has 2 aromatic rings. The van der Waals surface area contributed by atoms with E-state index >= 15 is 0 Å². The highest BCUT2D eigenvalue weighted by atomic mass is 16.6. The summed E-state index contributed by atoms with van der Waals surface area (Å²) in [4.78, 5) is 33.7. The van der Waals surface area contributed by atoms with Crippen molar-refractivity contribution >= 4 is 34.7 Å². The third-order valence-electron chi connectivity index (χ3n) is 3.41. The van der Waals surface area contributed by atoms with E-state index in [1.54, 1.807) is 50.2 Å². The summed E-state index contributed by atoms with van der Waals surface area (Å²) in [6.45, 7) is 3.38. The number of anilines is 3. The molecule has 0 atom stereocenters. The summed E-state index contributed by atoms with van der Waals surface area (Å²) in [5.41, 5.74) is 1.93. The van der Waals surface area contributed by atoms with E-state index in [2.05, 4.69) is 16.0 Å². The lowest BCUT2D eigenvalue weighted by Gasteiger charge is -2.09. The zero-order valence-electron chi connectivity index (χ0n) is 13.8. The minimum atomic E-state index is -0.525. The topological polar surface area (TPSA) is 113 Å². The highest BCUT2D eigenvalue weighted by molar-refractivity contribution is 6.00. The number of nitrogens with zero attached hydrogens (tertiary/aromatic N) is 1. The second-order valence-electron chi connectivity index (χ2n) is 5.32.